The van der Waals surface area contributed by atoms with Gasteiger partial charge in [0.1, 0.15) is 5.01 Å². The van der Waals surface area contributed by atoms with E-state index in [1.807, 2.05) is 24.3 Å². The first-order valence-corrected chi connectivity index (χ1v) is 8.05. The van der Waals surface area contributed by atoms with Crippen molar-refractivity contribution in [3.63, 3.8) is 0 Å². The molecular weight excluding hydrogens is 310 g/mol. The maximum Gasteiger partial charge on any atom is 0.181 e. The Hall–Kier alpha value is -2.51. The van der Waals surface area contributed by atoms with Crippen LogP contribution >= 0.6 is 11.3 Å². The van der Waals surface area contributed by atoms with Gasteiger partial charge in [-0.3, -0.25) is 10.3 Å². The lowest BCUT2D eigenvalue weighted by atomic mass is 10.2. The van der Waals surface area contributed by atoms with Gasteiger partial charge < -0.3 is 4.42 Å². The summed E-state index contributed by atoms with van der Waals surface area (Å²) in [6, 6.07) is 7.83. The van der Waals surface area contributed by atoms with Crippen LogP contribution in [0.15, 0.2) is 46.4 Å². The van der Waals surface area contributed by atoms with Gasteiger partial charge in [-0.1, -0.05) is 0 Å². The smallest absolute Gasteiger partial charge is 0.181 e. The zero-order chi connectivity index (χ0) is 15.6. The normalized spacial score (nSPS) is 14.5. The molecule has 1 aliphatic rings. The fraction of sp³-hybridized carbons (Fsp3) is 0.188. The maximum absolute atomic E-state index is 5.26. The van der Waals surface area contributed by atoms with E-state index in [1.54, 1.807) is 23.7 Å². The summed E-state index contributed by atoms with van der Waals surface area (Å²) in [5, 5.41) is 5.20. The maximum atomic E-state index is 5.26. The van der Waals surface area contributed by atoms with E-state index in [0.717, 1.165) is 35.1 Å². The molecule has 4 rings (SSSR count). The Bertz CT molecular complexity index is 799. The van der Waals surface area contributed by atoms with E-state index in [4.69, 9.17) is 4.42 Å². The van der Waals surface area contributed by atoms with Crippen molar-refractivity contribution in [2.75, 3.05) is 12.5 Å². The van der Waals surface area contributed by atoms with Crippen LogP contribution < -0.4 is 5.43 Å². The first-order chi connectivity index (χ1) is 11.3. The van der Waals surface area contributed by atoms with Gasteiger partial charge in [-0.25, -0.2) is 9.97 Å². The topological polar surface area (TPSA) is 66.6 Å². The third-order valence-corrected chi connectivity index (χ3v) is 4.62. The standard InChI is InChI=1S/C16H15N5OS/c1-21-8-13-15(9-21)23-16(19-13)7-18-20-12-4-2-11(3-5-12)14-6-17-10-22-14/h2-7,10,20H,8-9H2,1H3. The predicted molar refractivity (Wildman–Crippen MR) is 90.4 cm³/mol. The average Bonchev–Trinajstić information content (AvgIpc) is 3.24. The van der Waals surface area contributed by atoms with E-state index in [0.29, 0.717) is 0 Å². The lowest BCUT2D eigenvalue weighted by Gasteiger charge is -2.03. The number of hydrogen-bond donors (Lipinski definition) is 1. The zero-order valence-electron chi connectivity index (χ0n) is 12.6. The molecule has 3 heterocycles. The molecule has 0 bridgehead atoms. The Kier molecular flexibility index (Phi) is 3.64. The summed E-state index contributed by atoms with van der Waals surface area (Å²) in [7, 11) is 2.10. The van der Waals surface area contributed by atoms with E-state index in [-0.39, 0.29) is 0 Å². The molecular formula is C16H15N5OS. The second kappa shape index (κ2) is 5.94. The molecule has 7 heteroatoms. The third kappa shape index (κ3) is 3.01. The summed E-state index contributed by atoms with van der Waals surface area (Å²) in [5.41, 5.74) is 6.09. The van der Waals surface area contributed by atoms with Crippen LogP contribution in [0.2, 0.25) is 0 Å². The van der Waals surface area contributed by atoms with Gasteiger partial charge in [0.2, 0.25) is 0 Å². The van der Waals surface area contributed by atoms with Crippen molar-refractivity contribution in [1.29, 1.82) is 0 Å². The molecule has 0 fully saturated rings. The van der Waals surface area contributed by atoms with Crippen LogP contribution in [0.25, 0.3) is 11.3 Å². The fourth-order valence-corrected chi connectivity index (χ4v) is 3.52. The van der Waals surface area contributed by atoms with Crippen LogP contribution in [0.4, 0.5) is 5.69 Å². The van der Waals surface area contributed by atoms with Gasteiger partial charge in [-0.15, -0.1) is 11.3 Å². The Morgan fingerprint density at radius 1 is 1.30 bits per heavy atom. The first kappa shape index (κ1) is 14.1. The van der Waals surface area contributed by atoms with Crippen molar-refractivity contribution < 1.29 is 4.42 Å². The number of fused-ring (bicyclic) bond motifs is 1. The molecule has 0 spiro atoms. The molecule has 3 aromatic rings. The Balaban J connectivity index is 1.40. The van der Waals surface area contributed by atoms with E-state index < -0.39 is 0 Å². The Morgan fingerprint density at radius 2 is 2.17 bits per heavy atom. The number of hydrogen-bond acceptors (Lipinski definition) is 7. The minimum Gasteiger partial charge on any atom is -0.444 e. The summed E-state index contributed by atoms with van der Waals surface area (Å²) in [4.78, 5) is 12.1. The quantitative estimate of drug-likeness (QED) is 0.589. The van der Waals surface area contributed by atoms with Crippen molar-refractivity contribution in [2.24, 2.45) is 5.10 Å². The van der Waals surface area contributed by atoms with Gasteiger partial charge in [-0.05, 0) is 31.3 Å². The molecule has 2 aromatic heterocycles. The average molecular weight is 325 g/mol. The molecule has 1 aromatic carbocycles. The molecule has 0 radical (unpaired) electrons. The van der Waals surface area contributed by atoms with Crippen LogP contribution in [0, 0.1) is 0 Å². The number of aromatic nitrogens is 2. The minimum atomic E-state index is 0.752. The van der Waals surface area contributed by atoms with Crippen molar-refractivity contribution >= 4 is 23.2 Å². The number of nitrogens with one attached hydrogen (secondary N) is 1. The summed E-state index contributed by atoms with van der Waals surface area (Å²) in [5.74, 6) is 0.752. The van der Waals surface area contributed by atoms with E-state index in [9.17, 15) is 0 Å². The third-order valence-electron chi connectivity index (χ3n) is 3.60. The van der Waals surface area contributed by atoms with E-state index >= 15 is 0 Å². The molecule has 0 saturated carbocycles. The molecule has 23 heavy (non-hydrogen) atoms. The summed E-state index contributed by atoms with van der Waals surface area (Å²) in [6.07, 6.45) is 4.89. The lowest BCUT2D eigenvalue weighted by molar-refractivity contribution is 0.352. The molecule has 1 N–H and O–H groups in total. The number of benzene rings is 1. The van der Waals surface area contributed by atoms with Crippen LogP contribution in [0.1, 0.15) is 15.6 Å². The van der Waals surface area contributed by atoms with Gasteiger partial charge in [0.05, 0.1) is 23.8 Å². The highest BCUT2D eigenvalue weighted by Crippen LogP contribution is 2.26. The summed E-state index contributed by atoms with van der Waals surface area (Å²) >= 11 is 1.70. The van der Waals surface area contributed by atoms with Crippen LogP contribution in [0.3, 0.4) is 0 Å². The van der Waals surface area contributed by atoms with Gasteiger partial charge in [0.15, 0.2) is 12.2 Å². The summed E-state index contributed by atoms with van der Waals surface area (Å²) < 4.78 is 5.26. The van der Waals surface area contributed by atoms with Crippen molar-refractivity contribution in [3.8, 4) is 11.3 Å². The molecule has 1 aliphatic heterocycles. The molecule has 0 unspecified atom stereocenters. The summed E-state index contributed by atoms with van der Waals surface area (Å²) in [6.45, 7) is 1.91. The number of rotatable bonds is 4. The first-order valence-electron chi connectivity index (χ1n) is 7.23. The Morgan fingerprint density at radius 3 is 2.91 bits per heavy atom. The molecule has 0 amide bonds. The lowest BCUT2D eigenvalue weighted by Crippen LogP contribution is -2.08. The monoisotopic (exact) mass is 325 g/mol. The molecule has 0 aliphatic carbocycles. The number of thiazole rings is 1. The van der Waals surface area contributed by atoms with Gasteiger partial charge in [0.25, 0.3) is 0 Å². The Labute approximate surface area is 137 Å². The number of anilines is 1. The molecule has 6 nitrogen and oxygen atoms in total. The zero-order valence-corrected chi connectivity index (χ0v) is 13.4. The highest BCUT2D eigenvalue weighted by molar-refractivity contribution is 7.13. The van der Waals surface area contributed by atoms with E-state index in [1.165, 1.54) is 17.0 Å². The highest BCUT2D eigenvalue weighted by Gasteiger charge is 2.19. The minimum absolute atomic E-state index is 0.752. The van der Waals surface area contributed by atoms with Gasteiger partial charge in [-0.2, -0.15) is 5.10 Å². The van der Waals surface area contributed by atoms with Crippen molar-refractivity contribution in [1.82, 2.24) is 14.9 Å². The second-order valence-electron chi connectivity index (χ2n) is 5.41. The van der Waals surface area contributed by atoms with Crippen LogP contribution in [-0.2, 0) is 13.1 Å². The molecule has 116 valence electrons. The number of hydrazone groups is 1. The molecule has 0 saturated heterocycles. The van der Waals surface area contributed by atoms with Crippen molar-refractivity contribution in [3.05, 3.63) is 52.4 Å². The highest BCUT2D eigenvalue weighted by atomic mass is 32.1. The number of nitrogens with zero attached hydrogens (tertiary/aromatic N) is 4. The predicted octanol–water partition coefficient (Wildman–Crippen LogP) is 3.19. The largest absolute Gasteiger partial charge is 0.444 e. The second-order valence-corrected chi connectivity index (χ2v) is 6.52. The molecule has 0 atom stereocenters. The fourth-order valence-electron chi connectivity index (χ4n) is 2.49. The number of oxazole rings is 1. The SMILES string of the molecule is CN1Cc2nc(C=NNc3ccc(-c4cnco4)cc3)sc2C1. The van der Waals surface area contributed by atoms with E-state index in [2.05, 4.69) is 32.4 Å². The van der Waals surface area contributed by atoms with Crippen LogP contribution in [0.5, 0.6) is 0 Å². The van der Waals surface area contributed by atoms with Crippen molar-refractivity contribution in [2.45, 2.75) is 13.1 Å². The van der Waals surface area contributed by atoms with Gasteiger partial charge in [0, 0.05) is 23.5 Å². The van der Waals surface area contributed by atoms with Gasteiger partial charge >= 0.3 is 0 Å². The van der Waals surface area contributed by atoms with Crippen LogP contribution in [-0.4, -0.2) is 28.1 Å².